The molecule has 0 radical (unpaired) electrons. The Bertz CT molecular complexity index is 2020. The minimum atomic E-state index is -0.722. The third-order valence-electron chi connectivity index (χ3n) is 9.31. The van der Waals surface area contributed by atoms with E-state index in [0.717, 1.165) is 72.1 Å². The minimum absolute atomic E-state index is 0.119. The quantitative estimate of drug-likeness (QED) is 0.194. The molecule has 1 saturated heterocycles. The van der Waals surface area contributed by atoms with Gasteiger partial charge in [-0.05, 0) is 68.4 Å². The average molecular weight is 681 g/mol. The number of carbonyl (C=O) groups excluding carboxylic acids is 1. The Balaban J connectivity index is 1.11. The van der Waals surface area contributed by atoms with E-state index in [4.69, 9.17) is 26.6 Å². The summed E-state index contributed by atoms with van der Waals surface area (Å²) in [6, 6.07) is 16.5. The van der Waals surface area contributed by atoms with Gasteiger partial charge in [-0.25, -0.2) is 4.98 Å². The van der Waals surface area contributed by atoms with E-state index < -0.39 is 5.97 Å². The number of fused-ring (bicyclic) bond motifs is 2. The van der Waals surface area contributed by atoms with Crippen molar-refractivity contribution in [3.05, 3.63) is 98.9 Å². The summed E-state index contributed by atoms with van der Waals surface area (Å²) in [6.45, 7) is 5.69. The van der Waals surface area contributed by atoms with Crippen LogP contribution in [0.1, 0.15) is 39.4 Å². The molecule has 0 spiro atoms. The predicted molar refractivity (Wildman–Crippen MR) is 189 cm³/mol. The van der Waals surface area contributed by atoms with E-state index in [-0.39, 0.29) is 11.8 Å². The van der Waals surface area contributed by atoms with Gasteiger partial charge in [0.25, 0.3) is 0 Å². The largest absolute Gasteiger partial charge is 0.481 e. The van der Waals surface area contributed by atoms with Crippen LogP contribution >= 0.6 is 22.9 Å². The summed E-state index contributed by atoms with van der Waals surface area (Å²) in [5, 5.41) is 12.0. The van der Waals surface area contributed by atoms with Crippen LogP contribution in [0.3, 0.4) is 0 Å². The first-order chi connectivity index (χ1) is 23.1. The molecular weight excluding hydrogens is 644 g/mol. The number of likely N-dealkylation sites (tertiary alicyclic amines) is 1. The van der Waals surface area contributed by atoms with Gasteiger partial charge in [-0.15, -0.1) is 11.3 Å². The Morgan fingerprint density at radius 2 is 1.85 bits per heavy atom. The van der Waals surface area contributed by atoms with Gasteiger partial charge in [0.1, 0.15) is 5.01 Å². The monoisotopic (exact) mass is 680 g/mol. The van der Waals surface area contributed by atoms with Gasteiger partial charge in [0.05, 0.1) is 47.5 Å². The number of likely N-dealkylation sites (N-methyl/N-ethyl adjacent to an activating group) is 1. The topological polar surface area (TPSA) is 103 Å². The molecule has 0 unspecified atom stereocenters. The number of halogens is 1. The zero-order valence-corrected chi connectivity index (χ0v) is 28.8. The average Bonchev–Trinajstić information content (AvgIpc) is 3.78. The number of aromatic nitrogens is 3. The zero-order chi connectivity index (χ0) is 33.5. The van der Waals surface area contributed by atoms with Crippen LogP contribution in [0.5, 0.6) is 0 Å². The van der Waals surface area contributed by atoms with E-state index in [1.807, 2.05) is 54.5 Å². The summed E-state index contributed by atoms with van der Waals surface area (Å²) in [6.07, 6.45) is 4.90. The number of hydrogen-bond donors (Lipinski definition) is 1. The first-order valence-electron chi connectivity index (χ1n) is 16.1. The number of pyridine rings is 2. The van der Waals surface area contributed by atoms with Crippen molar-refractivity contribution in [3.63, 3.8) is 0 Å². The standard InChI is InChI=1S/C37H37ClN6O3S/c1-22-27(7-5-8-28(22)36-41-31-19-44(20-32(31)48-36)33(45)21-42(2)3)29-9-4-6-24(34(29)38)15-30-35-25(10-12-39-30)14-23(16-40-35)17-43-13-11-26(18-43)37(46)47/h4-10,12,14,16,26H,11,13,15,17-21H2,1-3H3,(H,46,47)/t26-/m1/s1. The fourth-order valence-electron chi connectivity index (χ4n) is 6.78. The van der Waals surface area contributed by atoms with Crippen LogP contribution in [-0.2, 0) is 35.6 Å². The first-order valence-corrected chi connectivity index (χ1v) is 17.3. The van der Waals surface area contributed by atoms with Gasteiger partial charge in [-0.1, -0.05) is 48.0 Å². The lowest BCUT2D eigenvalue weighted by molar-refractivity contribution is -0.141. The highest BCUT2D eigenvalue weighted by Crippen LogP contribution is 2.40. The maximum Gasteiger partial charge on any atom is 0.307 e. The summed E-state index contributed by atoms with van der Waals surface area (Å²) in [7, 11) is 3.81. The molecule has 1 N–H and O–H groups in total. The number of carboxylic acid groups (broad SMARTS) is 1. The highest BCUT2D eigenvalue weighted by Gasteiger charge is 2.29. The molecule has 1 fully saturated rings. The molecule has 3 aromatic heterocycles. The molecule has 48 heavy (non-hydrogen) atoms. The van der Waals surface area contributed by atoms with Crippen molar-refractivity contribution in [2.75, 3.05) is 33.7 Å². The van der Waals surface area contributed by atoms with Crippen molar-refractivity contribution in [2.24, 2.45) is 5.92 Å². The molecule has 2 aromatic carbocycles. The molecule has 2 aliphatic rings. The van der Waals surface area contributed by atoms with Gasteiger partial charge in [0.15, 0.2) is 0 Å². The van der Waals surface area contributed by atoms with Gasteiger partial charge >= 0.3 is 5.97 Å². The van der Waals surface area contributed by atoms with E-state index in [1.165, 1.54) is 0 Å². The van der Waals surface area contributed by atoms with Crippen molar-refractivity contribution >= 4 is 45.7 Å². The molecule has 0 saturated carbocycles. The van der Waals surface area contributed by atoms with Gasteiger partial charge in [0, 0.05) is 53.3 Å². The third kappa shape index (κ3) is 6.45. The molecule has 11 heteroatoms. The Labute approximate surface area is 288 Å². The van der Waals surface area contributed by atoms with Crippen LogP contribution in [0.25, 0.3) is 32.6 Å². The maximum absolute atomic E-state index is 12.6. The number of carbonyl (C=O) groups is 2. The molecule has 246 valence electrons. The fraction of sp³-hybridized carbons (Fsp3) is 0.324. The van der Waals surface area contributed by atoms with E-state index >= 15 is 0 Å². The molecular formula is C37H37ClN6O3S. The van der Waals surface area contributed by atoms with E-state index in [1.54, 1.807) is 11.3 Å². The lowest BCUT2D eigenvalue weighted by Gasteiger charge is -2.18. The summed E-state index contributed by atoms with van der Waals surface area (Å²) >= 11 is 8.82. The van der Waals surface area contributed by atoms with Crippen molar-refractivity contribution in [1.29, 1.82) is 0 Å². The number of rotatable bonds is 9. The number of thiazole rings is 1. The summed E-state index contributed by atoms with van der Waals surface area (Å²) in [5.41, 5.74) is 8.89. The molecule has 0 bridgehead atoms. The second-order valence-corrected chi connectivity index (χ2v) is 14.5. The summed E-state index contributed by atoms with van der Waals surface area (Å²) in [4.78, 5) is 45.6. The smallest absolute Gasteiger partial charge is 0.307 e. The van der Waals surface area contributed by atoms with Crippen molar-refractivity contribution in [2.45, 2.75) is 39.4 Å². The van der Waals surface area contributed by atoms with Gasteiger partial charge in [-0.3, -0.25) is 24.5 Å². The fourth-order valence-corrected chi connectivity index (χ4v) is 8.25. The van der Waals surface area contributed by atoms with Crippen LogP contribution in [0.15, 0.2) is 60.9 Å². The molecule has 0 aliphatic carbocycles. The van der Waals surface area contributed by atoms with Crippen LogP contribution in [0.4, 0.5) is 0 Å². The normalized spacial score (nSPS) is 16.3. The molecule has 1 amide bonds. The van der Waals surface area contributed by atoms with Crippen LogP contribution in [0, 0.1) is 12.8 Å². The van der Waals surface area contributed by atoms with Gasteiger partial charge in [-0.2, -0.15) is 0 Å². The predicted octanol–water partition coefficient (Wildman–Crippen LogP) is 6.28. The second kappa shape index (κ2) is 13.4. The van der Waals surface area contributed by atoms with Gasteiger partial charge < -0.3 is 14.9 Å². The maximum atomic E-state index is 12.6. The number of benzene rings is 2. The van der Waals surface area contributed by atoms with Crippen molar-refractivity contribution in [1.82, 2.24) is 29.7 Å². The van der Waals surface area contributed by atoms with Gasteiger partial charge in [0.2, 0.25) is 5.91 Å². The molecule has 9 nitrogen and oxygen atoms in total. The Morgan fingerprint density at radius 3 is 2.62 bits per heavy atom. The molecule has 5 aromatic rings. The molecule has 2 aliphatic heterocycles. The second-order valence-electron chi connectivity index (χ2n) is 13.0. The highest BCUT2D eigenvalue weighted by molar-refractivity contribution is 7.15. The Morgan fingerprint density at radius 1 is 1.06 bits per heavy atom. The lowest BCUT2D eigenvalue weighted by atomic mass is 9.94. The summed E-state index contributed by atoms with van der Waals surface area (Å²) in [5.74, 6) is -0.902. The highest BCUT2D eigenvalue weighted by atomic mass is 35.5. The Hall–Kier alpha value is -4.22. The number of nitrogens with zero attached hydrogens (tertiary/aromatic N) is 6. The molecule has 5 heterocycles. The Kier molecular flexibility index (Phi) is 9.00. The van der Waals surface area contributed by atoms with E-state index in [0.29, 0.717) is 50.6 Å². The van der Waals surface area contributed by atoms with Crippen LogP contribution < -0.4 is 0 Å². The number of hydrogen-bond acceptors (Lipinski definition) is 8. The molecule has 7 rings (SSSR count). The van der Waals surface area contributed by atoms with E-state index in [2.05, 4.69) is 42.2 Å². The summed E-state index contributed by atoms with van der Waals surface area (Å²) < 4.78 is 0. The molecule has 1 atom stereocenters. The van der Waals surface area contributed by atoms with Crippen molar-refractivity contribution < 1.29 is 14.7 Å². The third-order valence-corrected chi connectivity index (χ3v) is 10.9. The van der Waals surface area contributed by atoms with E-state index in [9.17, 15) is 14.7 Å². The van der Waals surface area contributed by atoms with Crippen LogP contribution in [0.2, 0.25) is 5.02 Å². The first kappa shape index (κ1) is 32.3. The zero-order valence-electron chi connectivity index (χ0n) is 27.2. The number of aliphatic carboxylic acids is 1. The van der Waals surface area contributed by atoms with Crippen molar-refractivity contribution in [3.8, 4) is 21.7 Å². The van der Waals surface area contributed by atoms with Crippen LogP contribution in [-0.4, -0.2) is 80.4 Å². The number of carboxylic acids is 1. The SMILES string of the molecule is Cc1c(-c2nc3c(s2)CN(C(=O)CN(C)C)C3)cccc1-c1cccc(Cc2nccc3cc(CN4CC[C@@H](C(=O)O)C4)cnc23)c1Cl. The number of amides is 1. The lowest BCUT2D eigenvalue weighted by Crippen LogP contribution is -2.34. The minimum Gasteiger partial charge on any atom is -0.481 e.